The van der Waals surface area contributed by atoms with Crippen LogP contribution in [0.5, 0.6) is 5.75 Å². The molecule has 1 fully saturated rings. The average molecular weight is 335 g/mol. The third kappa shape index (κ3) is 3.15. The van der Waals surface area contributed by atoms with Crippen molar-refractivity contribution in [3.05, 3.63) is 70.1 Å². The van der Waals surface area contributed by atoms with E-state index in [1.807, 2.05) is 36.4 Å². The molecule has 1 atom stereocenters. The Hall–Kier alpha value is -2.66. The molecule has 1 saturated heterocycles. The summed E-state index contributed by atoms with van der Waals surface area (Å²) in [5, 5.41) is 0. The minimum absolute atomic E-state index is 0.0981. The standard InChI is InChI=1S/C20H21N3O2/c1-25-15-10-8-14(9-11-15)19-7-4-12-23(19)13-18-20(24)22-17-6-3-2-5-16(17)21-18/h2-3,5-6,8-11,19H,4,7,12-13H2,1H3,(H,22,24). The van der Waals surface area contributed by atoms with Crippen molar-refractivity contribution < 1.29 is 4.74 Å². The number of benzene rings is 2. The van der Waals surface area contributed by atoms with Crippen LogP contribution in [-0.2, 0) is 6.54 Å². The molecule has 0 radical (unpaired) electrons. The van der Waals surface area contributed by atoms with Crippen LogP contribution in [0.1, 0.15) is 30.1 Å². The fraction of sp³-hybridized carbons (Fsp3) is 0.300. The van der Waals surface area contributed by atoms with Crippen molar-refractivity contribution in [2.75, 3.05) is 13.7 Å². The van der Waals surface area contributed by atoms with Gasteiger partial charge >= 0.3 is 0 Å². The Morgan fingerprint density at radius 2 is 2.00 bits per heavy atom. The van der Waals surface area contributed by atoms with Crippen molar-refractivity contribution in [1.82, 2.24) is 14.9 Å². The molecule has 25 heavy (non-hydrogen) atoms. The number of nitrogens with one attached hydrogen (secondary N) is 1. The van der Waals surface area contributed by atoms with Crippen molar-refractivity contribution in [2.45, 2.75) is 25.4 Å². The van der Waals surface area contributed by atoms with Gasteiger partial charge in [-0.05, 0) is 49.2 Å². The SMILES string of the molecule is COc1ccc(C2CCCN2Cc2nc3ccccc3[nH]c2=O)cc1. The lowest BCUT2D eigenvalue weighted by Gasteiger charge is -2.24. The number of hydrogen-bond donors (Lipinski definition) is 1. The zero-order valence-corrected chi connectivity index (χ0v) is 14.2. The molecule has 2 heterocycles. The molecule has 128 valence electrons. The summed E-state index contributed by atoms with van der Waals surface area (Å²) in [5.41, 5.74) is 3.36. The van der Waals surface area contributed by atoms with E-state index in [2.05, 4.69) is 27.0 Å². The first-order valence-electron chi connectivity index (χ1n) is 8.60. The van der Waals surface area contributed by atoms with Gasteiger partial charge in [0, 0.05) is 12.6 Å². The Morgan fingerprint density at radius 3 is 2.80 bits per heavy atom. The number of aromatic nitrogens is 2. The Balaban J connectivity index is 1.60. The summed E-state index contributed by atoms with van der Waals surface area (Å²) >= 11 is 0. The van der Waals surface area contributed by atoms with Gasteiger partial charge in [-0.3, -0.25) is 9.69 Å². The summed E-state index contributed by atoms with van der Waals surface area (Å²) in [6, 6.07) is 16.2. The topological polar surface area (TPSA) is 58.2 Å². The van der Waals surface area contributed by atoms with Crippen LogP contribution < -0.4 is 10.3 Å². The van der Waals surface area contributed by atoms with Gasteiger partial charge in [0.15, 0.2) is 0 Å². The second kappa shape index (κ2) is 6.69. The minimum atomic E-state index is -0.0981. The number of H-pyrrole nitrogens is 1. The molecule has 1 aromatic heterocycles. The molecule has 0 spiro atoms. The highest BCUT2D eigenvalue weighted by Gasteiger charge is 2.27. The minimum Gasteiger partial charge on any atom is -0.497 e. The van der Waals surface area contributed by atoms with E-state index in [0.29, 0.717) is 18.3 Å². The number of nitrogens with zero attached hydrogens (tertiary/aromatic N) is 2. The lowest BCUT2D eigenvalue weighted by atomic mass is 10.0. The number of methoxy groups -OCH3 is 1. The lowest BCUT2D eigenvalue weighted by molar-refractivity contribution is 0.244. The van der Waals surface area contributed by atoms with E-state index in [9.17, 15) is 4.79 Å². The molecule has 0 amide bonds. The maximum atomic E-state index is 12.4. The van der Waals surface area contributed by atoms with E-state index >= 15 is 0 Å². The van der Waals surface area contributed by atoms with E-state index in [0.717, 1.165) is 36.2 Å². The predicted octanol–water partition coefficient (Wildman–Crippen LogP) is 3.27. The molecule has 5 nitrogen and oxygen atoms in total. The fourth-order valence-corrected chi connectivity index (χ4v) is 3.59. The molecule has 5 heteroatoms. The summed E-state index contributed by atoms with van der Waals surface area (Å²) in [7, 11) is 1.68. The van der Waals surface area contributed by atoms with Gasteiger partial charge in [0.25, 0.3) is 5.56 Å². The number of rotatable bonds is 4. The van der Waals surface area contributed by atoms with Crippen LogP contribution in [0.4, 0.5) is 0 Å². The van der Waals surface area contributed by atoms with Crippen LogP contribution in [0.25, 0.3) is 11.0 Å². The largest absolute Gasteiger partial charge is 0.497 e. The number of para-hydroxylation sites is 2. The van der Waals surface area contributed by atoms with Crippen molar-refractivity contribution in [3.63, 3.8) is 0 Å². The third-order valence-electron chi connectivity index (χ3n) is 4.89. The smallest absolute Gasteiger partial charge is 0.271 e. The Labute approximate surface area is 146 Å². The van der Waals surface area contributed by atoms with Crippen molar-refractivity contribution in [3.8, 4) is 5.75 Å². The number of hydrogen-bond acceptors (Lipinski definition) is 4. The van der Waals surface area contributed by atoms with Crippen LogP contribution in [0.3, 0.4) is 0 Å². The lowest BCUT2D eigenvalue weighted by Crippen LogP contribution is -2.28. The van der Waals surface area contributed by atoms with Gasteiger partial charge in [0.1, 0.15) is 11.4 Å². The quantitative estimate of drug-likeness (QED) is 0.795. The van der Waals surface area contributed by atoms with Gasteiger partial charge in [-0.25, -0.2) is 4.98 Å². The monoisotopic (exact) mass is 335 g/mol. The second-order valence-electron chi connectivity index (χ2n) is 6.43. The van der Waals surface area contributed by atoms with Crippen LogP contribution in [0, 0.1) is 0 Å². The summed E-state index contributed by atoms with van der Waals surface area (Å²) in [5.74, 6) is 0.862. The van der Waals surface area contributed by atoms with Gasteiger partial charge in [0.05, 0.1) is 18.1 Å². The number of aromatic amines is 1. The van der Waals surface area contributed by atoms with E-state index in [1.165, 1.54) is 5.56 Å². The summed E-state index contributed by atoms with van der Waals surface area (Å²) in [6.07, 6.45) is 2.22. The molecule has 1 unspecified atom stereocenters. The first kappa shape index (κ1) is 15.8. The van der Waals surface area contributed by atoms with E-state index in [-0.39, 0.29) is 5.56 Å². The average Bonchev–Trinajstić information content (AvgIpc) is 3.10. The van der Waals surface area contributed by atoms with Crippen LogP contribution >= 0.6 is 0 Å². The van der Waals surface area contributed by atoms with Crippen molar-refractivity contribution in [2.24, 2.45) is 0 Å². The highest BCUT2D eigenvalue weighted by molar-refractivity contribution is 5.73. The first-order valence-corrected chi connectivity index (χ1v) is 8.60. The number of fused-ring (bicyclic) bond motifs is 1. The molecular weight excluding hydrogens is 314 g/mol. The molecule has 2 aromatic carbocycles. The number of likely N-dealkylation sites (tertiary alicyclic amines) is 1. The molecule has 1 N–H and O–H groups in total. The molecular formula is C20H21N3O2. The maximum Gasteiger partial charge on any atom is 0.271 e. The van der Waals surface area contributed by atoms with Crippen molar-refractivity contribution >= 4 is 11.0 Å². The molecule has 1 aliphatic heterocycles. The highest BCUT2D eigenvalue weighted by Crippen LogP contribution is 2.33. The van der Waals surface area contributed by atoms with Crippen molar-refractivity contribution in [1.29, 1.82) is 0 Å². The first-order chi connectivity index (χ1) is 12.2. The van der Waals surface area contributed by atoms with Crippen LogP contribution in [0.15, 0.2) is 53.3 Å². The zero-order chi connectivity index (χ0) is 17.2. The molecule has 1 aliphatic rings. The summed E-state index contributed by atoms with van der Waals surface area (Å²) < 4.78 is 5.24. The second-order valence-corrected chi connectivity index (χ2v) is 6.43. The van der Waals surface area contributed by atoms with Gasteiger partial charge < -0.3 is 9.72 Å². The fourth-order valence-electron chi connectivity index (χ4n) is 3.59. The molecule has 0 aliphatic carbocycles. The van der Waals surface area contributed by atoms with Gasteiger partial charge in [-0.1, -0.05) is 24.3 Å². The number of ether oxygens (including phenoxy) is 1. The van der Waals surface area contributed by atoms with Crippen LogP contribution in [0.2, 0.25) is 0 Å². The van der Waals surface area contributed by atoms with Crippen LogP contribution in [-0.4, -0.2) is 28.5 Å². The normalized spacial score (nSPS) is 17.9. The Bertz CT molecular complexity index is 934. The van der Waals surface area contributed by atoms with Gasteiger partial charge in [-0.2, -0.15) is 0 Å². The zero-order valence-electron chi connectivity index (χ0n) is 14.2. The Morgan fingerprint density at radius 1 is 1.20 bits per heavy atom. The highest BCUT2D eigenvalue weighted by atomic mass is 16.5. The molecule has 4 rings (SSSR count). The molecule has 3 aromatic rings. The summed E-state index contributed by atoms with van der Waals surface area (Å²) in [6.45, 7) is 1.54. The summed E-state index contributed by atoms with van der Waals surface area (Å²) in [4.78, 5) is 22.3. The molecule has 0 bridgehead atoms. The predicted molar refractivity (Wildman–Crippen MR) is 97.7 cm³/mol. The molecule has 0 saturated carbocycles. The van der Waals surface area contributed by atoms with Gasteiger partial charge in [-0.15, -0.1) is 0 Å². The van der Waals surface area contributed by atoms with Gasteiger partial charge in [0.2, 0.25) is 0 Å². The maximum absolute atomic E-state index is 12.4. The van der Waals surface area contributed by atoms with E-state index in [1.54, 1.807) is 7.11 Å². The van der Waals surface area contributed by atoms with E-state index in [4.69, 9.17) is 4.74 Å². The van der Waals surface area contributed by atoms with E-state index < -0.39 is 0 Å². The Kier molecular flexibility index (Phi) is 4.24. The third-order valence-corrected chi connectivity index (χ3v) is 4.89.